The summed E-state index contributed by atoms with van der Waals surface area (Å²) in [5, 5.41) is 5.67. The molecule has 0 aliphatic rings. The molecule has 0 aliphatic heterocycles. The first-order chi connectivity index (χ1) is 27.5. The van der Waals surface area contributed by atoms with Gasteiger partial charge in [0.1, 0.15) is 0 Å². The number of unbranched alkanes of at least 4 members (excludes halogenated alkanes) is 2. The summed E-state index contributed by atoms with van der Waals surface area (Å²) in [5.41, 5.74) is 11.7. The fraction of sp³-hybridized carbons (Fsp3) is 0.218. The van der Waals surface area contributed by atoms with Crippen molar-refractivity contribution in [3.05, 3.63) is 226 Å². The minimum atomic E-state index is 1.12. The Morgan fingerprint density at radius 3 is 1.14 bits per heavy atom. The number of fused-ring (bicyclic) bond motifs is 3. The number of aryl methyl sites for hydroxylation is 6. The quantitative estimate of drug-likeness (QED) is 0.0758. The minimum Gasteiger partial charge on any atom is -0.214 e. The monoisotopic (exact) mass is 806 g/mol. The molecule has 0 atom stereocenters. The first-order valence-electron chi connectivity index (χ1n) is 20.5. The van der Waals surface area contributed by atoms with Gasteiger partial charge in [-0.3, -0.25) is 0 Å². The molecule has 0 bridgehead atoms. The number of hydrogen-bond acceptors (Lipinski definition) is 0. The van der Waals surface area contributed by atoms with E-state index < -0.39 is 0 Å². The normalized spacial score (nSPS) is 10.8. The maximum Gasteiger partial charge on any atom is -0.172 e. The Balaban J connectivity index is 0.000000207. The van der Waals surface area contributed by atoms with Gasteiger partial charge in [-0.1, -0.05) is 95.1 Å². The molecule has 0 spiro atoms. The molecular formula is C55H56Zr. The predicted molar refractivity (Wildman–Crippen MR) is 240 cm³/mol. The molecule has 0 nitrogen and oxygen atoms in total. The summed E-state index contributed by atoms with van der Waals surface area (Å²) in [6, 6.07) is 65.4. The van der Waals surface area contributed by atoms with Crippen molar-refractivity contribution < 1.29 is 24.2 Å². The largest absolute Gasteiger partial charge is 0.214 e. The van der Waals surface area contributed by atoms with Gasteiger partial charge in [0.25, 0.3) is 0 Å². The van der Waals surface area contributed by atoms with Crippen LogP contribution in [0.25, 0.3) is 21.5 Å². The molecule has 0 unspecified atom stereocenters. The van der Waals surface area contributed by atoms with Crippen LogP contribution in [0.15, 0.2) is 182 Å². The molecule has 8 rings (SSSR count). The van der Waals surface area contributed by atoms with Gasteiger partial charge in [-0.25, -0.2) is 12.1 Å². The van der Waals surface area contributed by atoms with Crippen LogP contribution < -0.4 is 0 Å². The topological polar surface area (TPSA) is 0 Å². The molecule has 8 aromatic carbocycles. The van der Waals surface area contributed by atoms with Crippen LogP contribution in [0.5, 0.6) is 0 Å². The first-order valence-corrected chi connectivity index (χ1v) is 21.8. The molecule has 0 radical (unpaired) electrons. The zero-order valence-electron chi connectivity index (χ0n) is 33.4. The number of hydrogen-bond donors (Lipinski definition) is 0. The van der Waals surface area contributed by atoms with Crippen LogP contribution in [-0.4, -0.2) is 3.21 Å². The Hall–Kier alpha value is -4.71. The van der Waals surface area contributed by atoms with Gasteiger partial charge in [0.05, 0.1) is 0 Å². The molecule has 1 heteroatoms. The maximum atomic E-state index is 2.49. The van der Waals surface area contributed by atoms with E-state index in [1.54, 1.807) is 27.4 Å². The van der Waals surface area contributed by atoms with E-state index in [1.165, 1.54) is 117 Å². The van der Waals surface area contributed by atoms with Crippen molar-refractivity contribution in [1.29, 1.82) is 0 Å². The number of rotatable bonds is 14. The van der Waals surface area contributed by atoms with Crippen molar-refractivity contribution in [2.75, 3.05) is 0 Å². The molecule has 0 aromatic heterocycles. The average molecular weight is 808 g/mol. The van der Waals surface area contributed by atoms with E-state index in [4.69, 9.17) is 0 Å². The van der Waals surface area contributed by atoms with Crippen LogP contribution in [-0.2, 0) is 62.8 Å². The van der Waals surface area contributed by atoms with E-state index in [2.05, 4.69) is 166 Å². The SMILES string of the molecule is Cc1cc2[cH-]c3cc(C)c(CCCCc4ccccc4)cc3c2cc1CCCCc1ccccc1.[Zr+2]=[C](Cc1ccccc1)Cc1ccccc1.c1cc[cH-]c1. The van der Waals surface area contributed by atoms with Gasteiger partial charge in [0, 0.05) is 0 Å². The Bertz CT molecular complexity index is 2140. The third-order valence-electron chi connectivity index (χ3n) is 10.7. The third-order valence-corrected chi connectivity index (χ3v) is 11.6. The van der Waals surface area contributed by atoms with Crippen LogP contribution >= 0.6 is 0 Å². The number of benzene rings is 6. The van der Waals surface area contributed by atoms with Gasteiger partial charge in [-0.05, 0) is 76.3 Å². The second kappa shape index (κ2) is 22.1. The summed E-state index contributed by atoms with van der Waals surface area (Å²) in [7, 11) is 0. The van der Waals surface area contributed by atoms with Crippen molar-refractivity contribution in [3.8, 4) is 0 Å². The molecular weight excluding hydrogens is 752 g/mol. The van der Waals surface area contributed by atoms with Crippen LogP contribution in [0, 0.1) is 13.8 Å². The second-order valence-electron chi connectivity index (χ2n) is 15.2. The zero-order valence-corrected chi connectivity index (χ0v) is 35.8. The van der Waals surface area contributed by atoms with Gasteiger partial charge in [0.15, 0.2) is 0 Å². The van der Waals surface area contributed by atoms with Gasteiger partial charge in [-0.2, -0.15) is 18.2 Å². The summed E-state index contributed by atoms with van der Waals surface area (Å²) in [6.45, 7) is 4.57. The molecule has 0 N–H and O–H groups in total. The van der Waals surface area contributed by atoms with Crippen molar-refractivity contribution in [3.63, 3.8) is 0 Å². The van der Waals surface area contributed by atoms with Crippen molar-refractivity contribution >= 4 is 24.8 Å². The van der Waals surface area contributed by atoms with Crippen molar-refractivity contribution in [1.82, 2.24) is 0 Å². The molecule has 0 aliphatic carbocycles. The Morgan fingerprint density at radius 1 is 0.429 bits per heavy atom. The average Bonchev–Trinajstić information content (AvgIpc) is 3.92. The summed E-state index contributed by atoms with van der Waals surface area (Å²) in [6.07, 6.45) is 11.9. The van der Waals surface area contributed by atoms with Crippen LogP contribution in [0.2, 0.25) is 0 Å². The van der Waals surface area contributed by atoms with Gasteiger partial charge >= 0.3 is 112 Å². The molecule has 280 valence electrons. The zero-order chi connectivity index (χ0) is 38.8. The predicted octanol–water partition coefficient (Wildman–Crippen LogP) is 14.1. The Labute approximate surface area is 351 Å². The molecule has 0 heterocycles. The van der Waals surface area contributed by atoms with Crippen molar-refractivity contribution in [2.45, 2.75) is 78.1 Å². The summed E-state index contributed by atoms with van der Waals surface area (Å²) in [4.78, 5) is 0. The maximum absolute atomic E-state index is 2.49. The molecule has 56 heavy (non-hydrogen) atoms. The van der Waals surface area contributed by atoms with Crippen LogP contribution in [0.4, 0.5) is 0 Å². The van der Waals surface area contributed by atoms with E-state index in [1.807, 2.05) is 30.3 Å². The van der Waals surface area contributed by atoms with E-state index >= 15 is 0 Å². The van der Waals surface area contributed by atoms with E-state index in [0.29, 0.717) is 0 Å². The summed E-state index contributed by atoms with van der Waals surface area (Å²) >= 11 is 1.55. The molecule has 0 fully saturated rings. The summed E-state index contributed by atoms with van der Waals surface area (Å²) in [5.74, 6) is 0. The van der Waals surface area contributed by atoms with Crippen LogP contribution in [0.1, 0.15) is 70.2 Å². The summed E-state index contributed by atoms with van der Waals surface area (Å²) < 4.78 is 1.60. The minimum absolute atomic E-state index is 1.12. The smallest absolute Gasteiger partial charge is 0.172 e. The fourth-order valence-corrected chi connectivity index (χ4v) is 8.61. The fourth-order valence-electron chi connectivity index (χ4n) is 7.61. The first kappa shape index (κ1) is 40.9. The second-order valence-corrected chi connectivity index (χ2v) is 16.9. The van der Waals surface area contributed by atoms with Gasteiger partial charge in [0.2, 0.25) is 0 Å². The van der Waals surface area contributed by atoms with Gasteiger partial charge < -0.3 is 0 Å². The van der Waals surface area contributed by atoms with Crippen molar-refractivity contribution in [2.24, 2.45) is 0 Å². The van der Waals surface area contributed by atoms with Gasteiger partial charge in [-0.15, -0.1) is 39.7 Å². The molecule has 8 aromatic rings. The Morgan fingerprint density at radius 2 is 0.786 bits per heavy atom. The standard InChI is InChI=1S/C35H37.C15H14.C5H5.Zr/c1-26-21-32-23-33-22-27(2)31(20-12-10-18-29-15-7-4-8-16-29)25-35(33)34(32)24-30(26)19-11-9-17-28-13-5-3-6-14-28;1-3-8-14(9-4-1)12-7-13-15-10-5-2-6-11-15;1-2-4-5-3-1;/h3-8,13-16,21-25H,9-12,17-20H2,1-2H3;1-6,8-11H,12-13H2;1-5H;/q-1;;-1;+2. The molecule has 0 amide bonds. The third kappa shape index (κ3) is 12.9. The van der Waals surface area contributed by atoms with Crippen LogP contribution in [0.3, 0.4) is 0 Å². The molecule has 0 saturated carbocycles. The van der Waals surface area contributed by atoms with E-state index in [-0.39, 0.29) is 0 Å². The van der Waals surface area contributed by atoms with E-state index in [9.17, 15) is 0 Å². The Kier molecular flexibility index (Phi) is 16.2. The molecule has 0 saturated heterocycles. The van der Waals surface area contributed by atoms with E-state index in [0.717, 1.165) is 12.8 Å².